The van der Waals surface area contributed by atoms with Crippen LogP contribution in [0.3, 0.4) is 0 Å². The van der Waals surface area contributed by atoms with Crippen molar-refractivity contribution in [2.45, 2.75) is 29.9 Å². The molecule has 1 aromatic carbocycles. The van der Waals surface area contributed by atoms with Crippen LogP contribution in [0.15, 0.2) is 30.3 Å². The maximum Gasteiger partial charge on any atom is 0.178 e. The van der Waals surface area contributed by atoms with Crippen LogP contribution in [0.2, 0.25) is 0 Å². The number of thioether (sulfide) groups is 1. The van der Waals surface area contributed by atoms with Crippen LogP contribution in [0.4, 0.5) is 0 Å². The molecule has 1 N–H and O–H groups in total. The van der Waals surface area contributed by atoms with Gasteiger partial charge in [0.1, 0.15) is 0 Å². The van der Waals surface area contributed by atoms with E-state index in [-0.39, 0.29) is 11.0 Å². The predicted octanol–water partition coefficient (Wildman–Crippen LogP) is 2.12. The van der Waals surface area contributed by atoms with Gasteiger partial charge in [-0.25, -0.2) is 0 Å². The Labute approximate surface area is 93.7 Å². The summed E-state index contributed by atoms with van der Waals surface area (Å²) < 4.78 is 0. The predicted molar refractivity (Wildman–Crippen MR) is 62.2 cm³/mol. The second-order valence-corrected chi connectivity index (χ2v) is 5.49. The molecule has 1 aromatic rings. The molecule has 0 radical (unpaired) electrons. The summed E-state index contributed by atoms with van der Waals surface area (Å²) in [6.07, 6.45) is 0.228. The molecule has 80 valence electrons. The standard InChI is InChI=1S/C12H14O2S/c1-8-7-10(13)12(15-8)11(14)9-5-3-2-4-6-9/h2-6,8,10,12-13H,7H2,1H3/t8-,10-,12+/m1/s1. The second-order valence-electron chi connectivity index (χ2n) is 3.90. The number of aliphatic hydroxyl groups is 1. The van der Waals surface area contributed by atoms with Crippen molar-refractivity contribution in [3.05, 3.63) is 35.9 Å². The molecule has 0 aliphatic carbocycles. The zero-order chi connectivity index (χ0) is 10.8. The van der Waals surface area contributed by atoms with E-state index in [1.165, 1.54) is 0 Å². The van der Waals surface area contributed by atoms with E-state index in [0.29, 0.717) is 17.2 Å². The SMILES string of the molecule is C[C@@H]1C[C@@H](O)[C@@H](C(=O)c2ccccc2)S1. The average molecular weight is 222 g/mol. The molecule has 0 amide bonds. The van der Waals surface area contributed by atoms with Gasteiger partial charge in [-0.15, -0.1) is 11.8 Å². The fourth-order valence-corrected chi connectivity index (χ4v) is 3.22. The molecule has 1 aliphatic heterocycles. The Morgan fingerprint density at radius 3 is 2.60 bits per heavy atom. The lowest BCUT2D eigenvalue weighted by Gasteiger charge is -2.11. The van der Waals surface area contributed by atoms with Crippen LogP contribution < -0.4 is 0 Å². The quantitative estimate of drug-likeness (QED) is 0.779. The zero-order valence-electron chi connectivity index (χ0n) is 8.59. The van der Waals surface area contributed by atoms with E-state index in [2.05, 4.69) is 0 Å². The maximum atomic E-state index is 12.0. The Bertz CT molecular complexity index is 350. The molecule has 1 fully saturated rings. The van der Waals surface area contributed by atoms with Gasteiger partial charge in [0.05, 0.1) is 11.4 Å². The summed E-state index contributed by atoms with van der Waals surface area (Å²) in [7, 11) is 0. The Kier molecular flexibility index (Phi) is 3.12. The number of rotatable bonds is 2. The van der Waals surface area contributed by atoms with Crippen LogP contribution in [0.5, 0.6) is 0 Å². The third-order valence-electron chi connectivity index (χ3n) is 2.62. The van der Waals surface area contributed by atoms with Crippen LogP contribution in [-0.4, -0.2) is 27.5 Å². The molecule has 1 saturated heterocycles. The smallest absolute Gasteiger partial charge is 0.178 e. The van der Waals surface area contributed by atoms with Gasteiger partial charge in [-0.05, 0) is 6.42 Å². The van der Waals surface area contributed by atoms with Gasteiger partial charge in [0.25, 0.3) is 0 Å². The van der Waals surface area contributed by atoms with Crippen molar-refractivity contribution in [2.75, 3.05) is 0 Å². The molecule has 0 saturated carbocycles. The van der Waals surface area contributed by atoms with Crippen molar-refractivity contribution in [3.63, 3.8) is 0 Å². The molecule has 0 aromatic heterocycles. The van der Waals surface area contributed by atoms with Crippen LogP contribution >= 0.6 is 11.8 Å². The first-order valence-electron chi connectivity index (χ1n) is 5.11. The van der Waals surface area contributed by atoms with E-state index in [9.17, 15) is 9.90 Å². The molecule has 0 bridgehead atoms. The van der Waals surface area contributed by atoms with Gasteiger partial charge in [-0.2, -0.15) is 0 Å². The molecule has 3 atom stereocenters. The van der Waals surface area contributed by atoms with Gasteiger partial charge in [-0.3, -0.25) is 4.79 Å². The number of aliphatic hydroxyl groups excluding tert-OH is 1. The van der Waals surface area contributed by atoms with E-state index in [4.69, 9.17) is 0 Å². The fourth-order valence-electron chi connectivity index (χ4n) is 1.86. The van der Waals surface area contributed by atoms with Gasteiger partial charge in [-0.1, -0.05) is 37.3 Å². The third kappa shape index (κ3) is 2.24. The van der Waals surface area contributed by atoms with Gasteiger partial charge >= 0.3 is 0 Å². The van der Waals surface area contributed by atoms with Gasteiger partial charge in [0.2, 0.25) is 0 Å². The van der Waals surface area contributed by atoms with E-state index >= 15 is 0 Å². The molecule has 2 rings (SSSR count). The Morgan fingerprint density at radius 1 is 1.40 bits per heavy atom. The highest BCUT2D eigenvalue weighted by Gasteiger charge is 2.36. The van der Waals surface area contributed by atoms with E-state index in [0.717, 1.165) is 0 Å². The van der Waals surface area contributed by atoms with Crippen molar-refractivity contribution in [1.29, 1.82) is 0 Å². The van der Waals surface area contributed by atoms with Crippen molar-refractivity contribution in [1.82, 2.24) is 0 Å². The van der Waals surface area contributed by atoms with Crippen LogP contribution in [0.1, 0.15) is 23.7 Å². The minimum absolute atomic E-state index is 0.0532. The van der Waals surface area contributed by atoms with Crippen LogP contribution in [0, 0.1) is 0 Å². The van der Waals surface area contributed by atoms with Crippen molar-refractivity contribution >= 4 is 17.5 Å². The minimum Gasteiger partial charge on any atom is -0.391 e. The number of hydrogen-bond donors (Lipinski definition) is 1. The summed E-state index contributed by atoms with van der Waals surface area (Å²) in [5.41, 5.74) is 0.697. The van der Waals surface area contributed by atoms with Crippen LogP contribution in [0.25, 0.3) is 0 Å². The summed E-state index contributed by atoms with van der Waals surface area (Å²) in [5.74, 6) is 0.0532. The number of benzene rings is 1. The third-order valence-corrected chi connectivity index (χ3v) is 4.10. The molecule has 1 aliphatic rings. The van der Waals surface area contributed by atoms with Crippen LogP contribution in [-0.2, 0) is 0 Å². The first-order chi connectivity index (χ1) is 7.18. The highest BCUT2D eigenvalue weighted by molar-refractivity contribution is 8.01. The molecule has 1 heterocycles. The normalized spacial score (nSPS) is 30.4. The maximum absolute atomic E-state index is 12.0. The molecule has 2 nitrogen and oxygen atoms in total. The fraction of sp³-hybridized carbons (Fsp3) is 0.417. The molecule has 15 heavy (non-hydrogen) atoms. The van der Waals surface area contributed by atoms with Gasteiger partial charge in [0.15, 0.2) is 5.78 Å². The molecule has 0 spiro atoms. The highest BCUT2D eigenvalue weighted by atomic mass is 32.2. The largest absolute Gasteiger partial charge is 0.391 e. The molecular weight excluding hydrogens is 208 g/mol. The van der Waals surface area contributed by atoms with Gasteiger partial charge in [0, 0.05) is 10.8 Å². The summed E-state index contributed by atoms with van der Waals surface area (Å²) in [4.78, 5) is 12.0. The van der Waals surface area contributed by atoms with E-state index in [1.807, 2.05) is 25.1 Å². The van der Waals surface area contributed by atoms with Crippen molar-refractivity contribution < 1.29 is 9.90 Å². The van der Waals surface area contributed by atoms with E-state index in [1.54, 1.807) is 23.9 Å². The van der Waals surface area contributed by atoms with Gasteiger partial charge < -0.3 is 5.11 Å². The average Bonchev–Trinajstić information content (AvgIpc) is 2.58. The first-order valence-corrected chi connectivity index (χ1v) is 6.05. The summed E-state index contributed by atoms with van der Waals surface area (Å²) in [5, 5.41) is 9.85. The Morgan fingerprint density at radius 2 is 2.07 bits per heavy atom. The summed E-state index contributed by atoms with van der Waals surface area (Å²) >= 11 is 1.58. The summed E-state index contributed by atoms with van der Waals surface area (Å²) in [6, 6.07) is 9.19. The van der Waals surface area contributed by atoms with E-state index < -0.39 is 6.10 Å². The first kappa shape index (κ1) is 10.7. The zero-order valence-corrected chi connectivity index (χ0v) is 9.41. The molecular formula is C12H14O2S. The number of carbonyl (C=O) groups excluding carboxylic acids is 1. The summed E-state index contributed by atoms with van der Waals surface area (Å²) in [6.45, 7) is 2.05. The Balaban J connectivity index is 2.15. The van der Waals surface area contributed by atoms with Crippen molar-refractivity contribution in [3.8, 4) is 0 Å². The molecule has 0 unspecified atom stereocenters. The topological polar surface area (TPSA) is 37.3 Å². The Hall–Kier alpha value is -0.800. The lowest BCUT2D eigenvalue weighted by molar-refractivity contribution is 0.0903. The lowest BCUT2D eigenvalue weighted by atomic mass is 10.0. The second kappa shape index (κ2) is 4.37. The number of Topliss-reactive ketones (excluding diaryl/α,β-unsaturated/α-hetero) is 1. The number of ketones is 1. The minimum atomic E-state index is -0.488. The molecule has 3 heteroatoms. The lowest BCUT2D eigenvalue weighted by Crippen LogP contribution is -2.26. The number of hydrogen-bond acceptors (Lipinski definition) is 3. The number of carbonyl (C=O) groups is 1. The monoisotopic (exact) mass is 222 g/mol. The highest BCUT2D eigenvalue weighted by Crippen LogP contribution is 2.35. The van der Waals surface area contributed by atoms with Crippen molar-refractivity contribution in [2.24, 2.45) is 0 Å².